The van der Waals surface area contributed by atoms with Crippen LogP contribution in [0, 0.1) is 38.5 Å². The number of nitrogens with zero attached hydrogens (tertiary/aromatic N) is 3. The Bertz CT molecular complexity index is 2310. The van der Waals surface area contributed by atoms with Crippen LogP contribution in [0.5, 0.6) is 0 Å². The number of aryl methyl sites for hydroxylation is 6. The summed E-state index contributed by atoms with van der Waals surface area (Å²) in [7, 11) is 0. The van der Waals surface area contributed by atoms with E-state index in [4.69, 9.17) is 14.2 Å². The molecule has 0 spiro atoms. The first kappa shape index (κ1) is 47.1. The Kier molecular flexibility index (Phi) is 15.6. The lowest BCUT2D eigenvalue weighted by Gasteiger charge is -2.40. The molecule has 12 heteroatoms. The highest BCUT2D eigenvalue weighted by atomic mass is 16.6. The summed E-state index contributed by atoms with van der Waals surface area (Å²) in [5.41, 5.74) is 4.49. The third kappa shape index (κ3) is 11.5. The number of hydrogen-bond donors (Lipinski definition) is 1. The van der Waals surface area contributed by atoms with Gasteiger partial charge in [-0.05, 0) is 161 Å². The van der Waals surface area contributed by atoms with Crippen LogP contribution in [0.1, 0.15) is 108 Å². The molecule has 12 nitrogen and oxygen atoms in total. The van der Waals surface area contributed by atoms with Crippen molar-refractivity contribution in [2.75, 3.05) is 39.4 Å². The van der Waals surface area contributed by atoms with Crippen LogP contribution in [0.15, 0.2) is 58.1 Å². The van der Waals surface area contributed by atoms with E-state index >= 15 is 0 Å². The molecule has 2 aromatic heterocycles. The van der Waals surface area contributed by atoms with Crippen LogP contribution in [0.4, 0.5) is 4.79 Å². The van der Waals surface area contributed by atoms with Crippen molar-refractivity contribution >= 4 is 39.8 Å². The van der Waals surface area contributed by atoms with Gasteiger partial charge in [0.25, 0.3) is 11.1 Å². The van der Waals surface area contributed by atoms with Gasteiger partial charge in [0.15, 0.2) is 0 Å². The molecule has 6 rings (SSSR count). The first-order valence-electron chi connectivity index (χ1n) is 22.2. The van der Waals surface area contributed by atoms with E-state index < -0.39 is 16.4 Å². The first-order valence-corrected chi connectivity index (χ1v) is 22.2. The van der Waals surface area contributed by atoms with Gasteiger partial charge in [-0.3, -0.25) is 19.2 Å². The molecule has 0 saturated carbocycles. The second kappa shape index (κ2) is 20.3. The van der Waals surface area contributed by atoms with E-state index in [-0.39, 0.29) is 29.2 Å². The molecule has 1 N–H and O–H groups in total. The number of carbonyl (C=O) groups excluding carboxylic acids is 3. The molecule has 0 bridgehead atoms. The number of ether oxygens (including phenoxy) is 3. The Morgan fingerprint density at radius 3 is 1.49 bits per heavy atom. The summed E-state index contributed by atoms with van der Waals surface area (Å²) in [6, 6.07) is 15.8. The van der Waals surface area contributed by atoms with Gasteiger partial charge < -0.3 is 33.6 Å². The second-order valence-corrected chi connectivity index (χ2v) is 18.1. The van der Waals surface area contributed by atoms with Gasteiger partial charge in [0.05, 0.1) is 35.1 Å². The summed E-state index contributed by atoms with van der Waals surface area (Å²) in [5, 5.41) is 5.51. The summed E-state index contributed by atoms with van der Waals surface area (Å²) < 4.78 is 20.0. The minimum absolute atomic E-state index is 0.0273. The molecule has 61 heavy (non-hydrogen) atoms. The number of hydrogen-bond acceptors (Lipinski definition) is 9. The average Bonchev–Trinajstić information content (AvgIpc) is 3.20. The van der Waals surface area contributed by atoms with E-state index in [0.717, 1.165) is 82.8 Å². The predicted molar refractivity (Wildman–Crippen MR) is 241 cm³/mol. The van der Waals surface area contributed by atoms with Crippen molar-refractivity contribution in [2.45, 2.75) is 132 Å². The number of benzene rings is 2. The van der Waals surface area contributed by atoms with Gasteiger partial charge in [0.1, 0.15) is 5.60 Å². The first-order chi connectivity index (χ1) is 28.9. The van der Waals surface area contributed by atoms with Gasteiger partial charge in [-0.25, -0.2) is 4.79 Å². The third-order valence-corrected chi connectivity index (χ3v) is 12.4. The molecule has 4 heterocycles. The maximum atomic E-state index is 13.0. The zero-order valence-electron chi connectivity index (χ0n) is 38.0. The minimum atomic E-state index is -0.658. The maximum Gasteiger partial charge on any atom is 0.410 e. The van der Waals surface area contributed by atoms with E-state index in [1.54, 1.807) is 17.0 Å². The molecule has 2 aliphatic rings. The molecule has 0 atom stereocenters. The van der Waals surface area contributed by atoms with Crippen LogP contribution in [0.2, 0.25) is 0 Å². The van der Waals surface area contributed by atoms with Gasteiger partial charge in [-0.1, -0.05) is 24.3 Å². The van der Waals surface area contributed by atoms with Crippen LogP contribution in [0.25, 0.3) is 21.8 Å². The van der Waals surface area contributed by atoms with E-state index in [0.29, 0.717) is 65.1 Å². The molecule has 2 saturated heterocycles. The highest BCUT2D eigenvalue weighted by Crippen LogP contribution is 2.39. The number of piperidine rings is 2. The van der Waals surface area contributed by atoms with Crippen LogP contribution in [-0.4, -0.2) is 77.1 Å². The molecular formula is C49H68N4O8. The van der Waals surface area contributed by atoms with Crippen molar-refractivity contribution in [2.24, 2.45) is 10.8 Å². The Hall–Kier alpha value is -4.97. The molecule has 2 fully saturated rings. The fraction of sp³-hybridized carbons (Fsp3) is 0.571. The number of amides is 1. The fourth-order valence-electron chi connectivity index (χ4n) is 8.96. The zero-order chi connectivity index (χ0) is 44.5. The van der Waals surface area contributed by atoms with Crippen LogP contribution in [-0.2, 0) is 36.9 Å². The number of nitrogens with one attached hydrogen (secondary N) is 1. The van der Waals surface area contributed by atoms with Crippen molar-refractivity contribution in [3.63, 3.8) is 0 Å². The van der Waals surface area contributed by atoms with E-state index in [9.17, 15) is 24.0 Å². The van der Waals surface area contributed by atoms with E-state index in [1.807, 2.05) is 77.5 Å². The summed E-state index contributed by atoms with van der Waals surface area (Å²) in [5.74, 6) is -0.292. The Morgan fingerprint density at radius 1 is 0.656 bits per heavy atom. The number of rotatable bonds is 12. The molecule has 0 radical (unpaired) electrons. The van der Waals surface area contributed by atoms with Crippen LogP contribution in [0.3, 0.4) is 0 Å². The molecule has 1 amide bonds. The summed E-state index contributed by atoms with van der Waals surface area (Å²) in [6.45, 7) is 21.6. The summed E-state index contributed by atoms with van der Waals surface area (Å²) in [6.07, 6.45) is 5.09. The SMILES string of the molecule is CCOC(=O)C1(CCCn2c(=O)cc(C)c3ccc(C)cc32)CCN(C(=O)OC(C)(C)C)CC1.CCOC(=O)C1(CCCn2c(=O)cc(C)c3ccc(C)cc32)CCNCC1. The number of esters is 2. The topological polar surface area (TPSA) is 138 Å². The monoisotopic (exact) mass is 841 g/mol. The molecule has 332 valence electrons. The lowest BCUT2D eigenvalue weighted by molar-refractivity contribution is -0.159. The highest BCUT2D eigenvalue weighted by molar-refractivity contribution is 5.84. The van der Waals surface area contributed by atoms with E-state index in [1.165, 1.54) is 0 Å². The predicted octanol–water partition coefficient (Wildman–Crippen LogP) is 8.31. The van der Waals surface area contributed by atoms with Crippen molar-refractivity contribution in [3.8, 4) is 0 Å². The molecule has 2 aromatic carbocycles. The number of likely N-dealkylation sites (tertiary alicyclic amines) is 1. The molecule has 0 unspecified atom stereocenters. The van der Waals surface area contributed by atoms with E-state index in [2.05, 4.69) is 35.6 Å². The standard InChI is InChI=1S/C27H38N2O5.C22H30N2O3/c1-7-33-24(31)27(12-15-28(16-13-27)25(32)34-26(4,5)6)11-8-14-29-22-17-19(2)9-10-21(22)20(3)18-23(29)30;1-4-27-21(26)22(9-11-23-12-10-22)8-5-13-24-19-14-16(2)6-7-18(19)17(3)15-20(24)25/h9-10,17-18H,7-8,11-16H2,1-6H3;6-7,14-15,23H,4-5,8-13H2,1-3H3. The Morgan fingerprint density at radius 2 is 1.08 bits per heavy atom. The van der Waals surface area contributed by atoms with Crippen molar-refractivity contribution in [1.82, 2.24) is 19.4 Å². The average molecular weight is 841 g/mol. The Balaban J connectivity index is 0.000000237. The Labute approximate surface area is 360 Å². The normalized spacial score (nSPS) is 16.1. The van der Waals surface area contributed by atoms with Gasteiger partial charge in [-0.15, -0.1) is 0 Å². The smallest absolute Gasteiger partial charge is 0.410 e. The van der Waals surface area contributed by atoms with Crippen molar-refractivity contribution in [1.29, 1.82) is 0 Å². The number of carbonyl (C=O) groups is 3. The zero-order valence-corrected chi connectivity index (χ0v) is 38.0. The van der Waals surface area contributed by atoms with Gasteiger partial charge in [-0.2, -0.15) is 0 Å². The molecule has 2 aliphatic heterocycles. The summed E-state index contributed by atoms with van der Waals surface area (Å²) in [4.78, 5) is 65.2. The van der Waals surface area contributed by atoms with Crippen molar-refractivity contribution < 1.29 is 28.6 Å². The maximum absolute atomic E-state index is 13.0. The second-order valence-electron chi connectivity index (χ2n) is 18.1. The lowest BCUT2D eigenvalue weighted by Crippen LogP contribution is -2.48. The fourth-order valence-corrected chi connectivity index (χ4v) is 8.96. The van der Waals surface area contributed by atoms with Crippen LogP contribution >= 0.6 is 0 Å². The number of fused-ring (bicyclic) bond motifs is 2. The quantitative estimate of drug-likeness (QED) is 0.110. The van der Waals surface area contributed by atoms with Gasteiger partial charge >= 0.3 is 18.0 Å². The van der Waals surface area contributed by atoms with Crippen LogP contribution < -0.4 is 16.4 Å². The highest BCUT2D eigenvalue weighted by Gasteiger charge is 2.44. The number of aromatic nitrogens is 2. The lowest BCUT2D eigenvalue weighted by atomic mass is 9.74. The molecule has 4 aromatic rings. The van der Waals surface area contributed by atoms with Gasteiger partial charge in [0, 0.05) is 49.1 Å². The molecule has 0 aliphatic carbocycles. The largest absolute Gasteiger partial charge is 0.466 e. The minimum Gasteiger partial charge on any atom is -0.466 e. The third-order valence-electron chi connectivity index (χ3n) is 12.4. The van der Waals surface area contributed by atoms with Crippen molar-refractivity contribution in [3.05, 3.63) is 91.5 Å². The van der Waals surface area contributed by atoms with Gasteiger partial charge in [0.2, 0.25) is 0 Å². The molecular weight excluding hydrogens is 773 g/mol. The number of pyridine rings is 2. The summed E-state index contributed by atoms with van der Waals surface area (Å²) >= 11 is 0.